The van der Waals surface area contributed by atoms with Crippen LogP contribution in [-0.2, 0) is 16.9 Å². The predicted molar refractivity (Wildman–Crippen MR) is 85.7 cm³/mol. The largest absolute Gasteiger partial charge is 0.497 e. The van der Waals surface area contributed by atoms with Gasteiger partial charge in [0, 0.05) is 25.1 Å². The lowest BCUT2D eigenvalue weighted by Gasteiger charge is -2.09. The standard InChI is InChI=1S/C14H15N5O3S/c1-19-13-11(8-15-19)12(17-14(18-13)23(3,20)21)16-9-5-4-6-10(7-9)22-2/h4-8H,1-3H3,(H,16,17,18). The Balaban J connectivity index is 2.15. The number of nitrogens with one attached hydrogen (secondary N) is 1. The van der Waals surface area contributed by atoms with Crippen LogP contribution in [0.4, 0.5) is 11.5 Å². The zero-order chi connectivity index (χ0) is 16.6. The van der Waals surface area contributed by atoms with Crippen molar-refractivity contribution in [3.05, 3.63) is 30.5 Å². The Bertz CT molecular complexity index is 981. The van der Waals surface area contributed by atoms with E-state index in [1.165, 1.54) is 4.68 Å². The number of aryl methyl sites for hydroxylation is 1. The average molecular weight is 333 g/mol. The Morgan fingerprint density at radius 2 is 2.04 bits per heavy atom. The summed E-state index contributed by atoms with van der Waals surface area (Å²) in [5.41, 5.74) is 1.15. The van der Waals surface area contributed by atoms with Gasteiger partial charge < -0.3 is 10.1 Å². The van der Waals surface area contributed by atoms with Crippen molar-refractivity contribution in [3.63, 3.8) is 0 Å². The molecule has 0 aliphatic heterocycles. The van der Waals surface area contributed by atoms with Gasteiger partial charge >= 0.3 is 0 Å². The van der Waals surface area contributed by atoms with Crippen molar-refractivity contribution in [2.24, 2.45) is 7.05 Å². The fourth-order valence-electron chi connectivity index (χ4n) is 2.10. The van der Waals surface area contributed by atoms with E-state index in [9.17, 15) is 8.42 Å². The second kappa shape index (κ2) is 5.51. The minimum atomic E-state index is -3.54. The van der Waals surface area contributed by atoms with Crippen LogP contribution in [0, 0.1) is 0 Å². The minimum absolute atomic E-state index is 0.251. The number of ether oxygens (including phenoxy) is 1. The van der Waals surface area contributed by atoms with Crippen molar-refractivity contribution in [2.75, 3.05) is 18.7 Å². The third kappa shape index (κ3) is 2.95. The van der Waals surface area contributed by atoms with Crippen LogP contribution in [0.15, 0.2) is 35.6 Å². The van der Waals surface area contributed by atoms with Gasteiger partial charge in [-0.1, -0.05) is 6.07 Å². The molecule has 8 nitrogen and oxygen atoms in total. The molecule has 0 fully saturated rings. The smallest absolute Gasteiger partial charge is 0.250 e. The molecule has 0 amide bonds. The molecule has 0 radical (unpaired) electrons. The lowest BCUT2D eigenvalue weighted by molar-refractivity contribution is 0.415. The molecule has 0 spiro atoms. The summed E-state index contributed by atoms with van der Waals surface area (Å²) in [4.78, 5) is 8.21. The van der Waals surface area contributed by atoms with Gasteiger partial charge in [-0.2, -0.15) is 15.1 Å². The molecule has 0 saturated heterocycles. The number of fused-ring (bicyclic) bond motifs is 1. The highest BCUT2D eigenvalue weighted by molar-refractivity contribution is 7.90. The summed E-state index contributed by atoms with van der Waals surface area (Å²) >= 11 is 0. The van der Waals surface area contributed by atoms with Crippen LogP contribution in [0.2, 0.25) is 0 Å². The van der Waals surface area contributed by atoms with Gasteiger partial charge in [-0.25, -0.2) is 8.42 Å². The maximum Gasteiger partial charge on any atom is 0.250 e. The van der Waals surface area contributed by atoms with E-state index in [4.69, 9.17) is 4.74 Å². The number of methoxy groups -OCH3 is 1. The first-order valence-corrected chi connectivity index (χ1v) is 8.58. The monoisotopic (exact) mass is 333 g/mol. The van der Waals surface area contributed by atoms with E-state index >= 15 is 0 Å². The first-order chi connectivity index (χ1) is 10.9. The molecule has 23 heavy (non-hydrogen) atoms. The van der Waals surface area contributed by atoms with Gasteiger partial charge in [0.05, 0.1) is 18.7 Å². The molecule has 0 saturated carbocycles. The molecule has 3 rings (SSSR count). The molecule has 0 atom stereocenters. The highest BCUT2D eigenvalue weighted by atomic mass is 32.2. The zero-order valence-electron chi connectivity index (χ0n) is 12.8. The maximum absolute atomic E-state index is 11.8. The number of hydrogen-bond donors (Lipinski definition) is 1. The molecule has 0 unspecified atom stereocenters. The van der Waals surface area contributed by atoms with Gasteiger partial charge in [0.15, 0.2) is 5.65 Å². The molecule has 3 aromatic rings. The predicted octanol–water partition coefficient (Wildman–Crippen LogP) is 1.52. The molecule has 0 aliphatic carbocycles. The summed E-state index contributed by atoms with van der Waals surface area (Å²) in [5.74, 6) is 1.05. The highest BCUT2D eigenvalue weighted by Gasteiger charge is 2.18. The van der Waals surface area contributed by atoms with Crippen molar-refractivity contribution in [2.45, 2.75) is 5.16 Å². The SMILES string of the molecule is COc1cccc(Nc2nc(S(C)(=O)=O)nc3c2cnn3C)c1. The number of benzene rings is 1. The fraction of sp³-hybridized carbons (Fsp3) is 0.214. The maximum atomic E-state index is 11.8. The Morgan fingerprint density at radius 3 is 2.74 bits per heavy atom. The first-order valence-electron chi connectivity index (χ1n) is 6.69. The molecule has 2 heterocycles. The Kier molecular flexibility index (Phi) is 3.64. The van der Waals surface area contributed by atoms with Crippen LogP contribution < -0.4 is 10.1 Å². The number of anilines is 2. The molecule has 2 aromatic heterocycles. The third-order valence-electron chi connectivity index (χ3n) is 3.24. The van der Waals surface area contributed by atoms with E-state index < -0.39 is 9.84 Å². The number of rotatable bonds is 4. The molecule has 120 valence electrons. The third-order valence-corrected chi connectivity index (χ3v) is 4.08. The van der Waals surface area contributed by atoms with Crippen LogP contribution >= 0.6 is 0 Å². The second-order valence-corrected chi connectivity index (χ2v) is 6.90. The van der Waals surface area contributed by atoms with E-state index in [0.29, 0.717) is 28.3 Å². The summed E-state index contributed by atoms with van der Waals surface area (Å²) in [6, 6.07) is 7.24. The quantitative estimate of drug-likeness (QED) is 0.723. The number of hydrogen-bond acceptors (Lipinski definition) is 7. The second-order valence-electron chi connectivity index (χ2n) is 4.99. The molecular weight excluding hydrogens is 318 g/mol. The zero-order valence-corrected chi connectivity index (χ0v) is 13.6. The Labute approximate surface area is 133 Å². The molecular formula is C14H15N5O3S. The van der Waals surface area contributed by atoms with Crippen molar-refractivity contribution in [1.82, 2.24) is 19.7 Å². The summed E-state index contributed by atoms with van der Waals surface area (Å²) in [5, 5.41) is 7.58. The lowest BCUT2D eigenvalue weighted by atomic mass is 10.3. The molecule has 0 bridgehead atoms. The van der Waals surface area contributed by atoms with Crippen molar-refractivity contribution in [1.29, 1.82) is 0 Å². The van der Waals surface area contributed by atoms with Gasteiger partial charge in [0.2, 0.25) is 9.84 Å². The number of nitrogens with zero attached hydrogens (tertiary/aromatic N) is 4. The topological polar surface area (TPSA) is 99.0 Å². The number of aromatic nitrogens is 4. The molecule has 1 aromatic carbocycles. The number of sulfone groups is 1. The van der Waals surface area contributed by atoms with Crippen molar-refractivity contribution in [3.8, 4) is 5.75 Å². The van der Waals surface area contributed by atoms with E-state index in [1.807, 2.05) is 18.2 Å². The Hall–Kier alpha value is -2.68. The summed E-state index contributed by atoms with van der Waals surface area (Å²) < 4.78 is 30.3. The summed E-state index contributed by atoms with van der Waals surface area (Å²) in [6.07, 6.45) is 2.66. The van der Waals surface area contributed by atoms with Gasteiger partial charge in [-0.3, -0.25) is 4.68 Å². The molecule has 0 aliphatic rings. The fourth-order valence-corrected chi connectivity index (χ4v) is 2.61. The van der Waals surface area contributed by atoms with Gasteiger partial charge in [-0.05, 0) is 12.1 Å². The van der Waals surface area contributed by atoms with Gasteiger partial charge in [0.25, 0.3) is 5.16 Å². The van der Waals surface area contributed by atoms with E-state index in [-0.39, 0.29) is 5.16 Å². The average Bonchev–Trinajstić information content (AvgIpc) is 2.88. The highest BCUT2D eigenvalue weighted by Crippen LogP contribution is 2.26. The Morgan fingerprint density at radius 1 is 1.26 bits per heavy atom. The molecule has 9 heteroatoms. The van der Waals surface area contributed by atoms with Crippen LogP contribution in [0.3, 0.4) is 0 Å². The normalized spacial score (nSPS) is 11.6. The van der Waals surface area contributed by atoms with Crippen LogP contribution in [0.1, 0.15) is 0 Å². The first kappa shape index (κ1) is 15.2. The lowest BCUT2D eigenvalue weighted by Crippen LogP contribution is -2.08. The van der Waals surface area contributed by atoms with Crippen LogP contribution in [0.25, 0.3) is 11.0 Å². The van der Waals surface area contributed by atoms with Crippen molar-refractivity contribution >= 4 is 32.4 Å². The summed E-state index contributed by atoms with van der Waals surface area (Å²) in [6.45, 7) is 0. The summed E-state index contributed by atoms with van der Waals surface area (Å²) in [7, 11) is -0.279. The molecule has 1 N–H and O–H groups in total. The van der Waals surface area contributed by atoms with E-state index in [2.05, 4.69) is 20.4 Å². The van der Waals surface area contributed by atoms with Crippen LogP contribution in [-0.4, -0.2) is 41.5 Å². The van der Waals surface area contributed by atoms with E-state index in [1.54, 1.807) is 26.4 Å². The van der Waals surface area contributed by atoms with Crippen LogP contribution in [0.5, 0.6) is 5.75 Å². The van der Waals surface area contributed by atoms with Gasteiger partial charge in [-0.15, -0.1) is 0 Å². The van der Waals surface area contributed by atoms with Gasteiger partial charge in [0.1, 0.15) is 11.6 Å². The van der Waals surface area contributed by atoms with E-state index in [0.717, 1.165) is 6.26 Å². The van der Waals surface area contributed by atoms with Crippen molar-refractivity contribution < 1.29 is 13.2 Å². The minimum Gasteiger partial charge on any atom is -0.497 e.